The molecule has 0 radical (unpaired) electrons. The second kappa shape index (κ2) is 8.08. The van der Waals surface area contributed by atoms with Crippen molar-refractivity contribution in [3.05, 3.63) is 28.8 Å². The minimum Gasteiger partial charge on any atom is -0.479 e. The third-order valence-electron chi connectivity index (χ3n) is 5.01. The van der Waals surface area contributed by atoms with E-state index in [-0.39, 0.29) is 22.4 Å². The van der Waals surface area contributed by atoms with Crippen molar-refractivity contribution in [1.29, 1.82) is 0 Å². The van der Waals surface area contributed by atoms with E-state index in [4.69, 9.17) is 11.6 Å². The van der Waals surface area contributed by atoms with Crippen molar-refractivity contribution in [3.63, 3.8) is 0 Å². The zero-order valence-corrected chi connectivity index (χ0v) is 16.1. The van der Waals surface area contributed by atoms with Crippen LogP contribution >= 0.6 is 11.6 Å². The molecule has 1 aromatic carbocycles. The molecule has 1 aromatic rings. The van der Waals surface area contributed by atoms with Gasteiger partial charge in [-0.2, -0.15) is 0 Å². The highest BCUT2D eigenvalue weighted by Crippen LogP contribution is 2.35. The smallest absolute Gasteiger partial charge is 0.329 e. The van der Waals surface area contributed by atoms with Crippen molar-refractivity contribution < 1.29 is 19.5 Å². The van der Waals surface area contributed by atoms with E-state index in [0.29, 0.717) is 18.5 Å². The van der Waals surface area contributed by atoms with Gasteiger partial charge in [-0.3, -0.25) is 9.59 Å². The summed E-state index contributed by atoms with van der Waals surface area (Å²) in [6.07, 6.45) is 3.34. The van der Waals surface area contributed by atoms with Gasteiger partial charge >= 0.3 is 5.97 Å². The third kappa shape index (κ3) is 4.01. The first-order valence-electron chi connectivity index (χ1n) is 8.81. The van der Waals surface area contributed by atoms with Crippen LogP contribution in [0.25, 0.3) is 0 Å². The molecule has 0 saturated heterocycles. The largest absolute Gasteiger partial charge is 0.479 e. The van der Waals surface area contributed by atoms with Crippen molar-refractivity contribution in [1.82, 2.24) is 4.90 Å². The predicted octanol–water partition coefficient (Wildman–Crippen LogP) is 3.79. The summed E-state index contributed by atoms with van der Waals surface area (Å²) in [6.45, 7) is 3.54. The van der Waals surface area contributed by atoms with Crippen LogP contribution in [0, 0.1) is 5.92 Å². The maximum absolute atomic E-state index is 13.0. The topological polar surface area (TPSA) is 86.7 Å². The molecule has 0 aliphatic heterocycles. The van der Waals surface area contributed by atoms with Gasteiger partial charge in [0.2, 0.25) is 5.91 Å². The lowest BCUT2D eigenvalue weighted by Crippen LogP contribution is -2.56. The molecule has 0 spiro atoms. The average Bonchev–Trinajstić information content (AvgIpc) is 2.62. The number of hydrogen-bond donors (Lipinski definition) is 2. The number of aliphatic carboxylic acids is 1. The summed E-state index contributed by atoms with van der Waals surface area (Å²) in [6, 6.07) is 4.65. The number of nitrogens with zero attached hydrogens (tertiary/aromatic N) is 1. The first-order valence-corrected chi connectivity index (χ1v) is 9.19. The van der Waals surface area contributed by atoms with Crippen LogP contribution in [-0.4, -0.2) is 40.4 Å². The average molecular weight is 381 g/mol. The van der Waals surface area contributed by atoms with Gasteiger partial charge in [-0.25, -0.2) is 4.79 Å². The van der Waals surface area contributed by atoms with Crippen LogP contribution in [0.15, 0.2) is 18.2 Å². The molecule has 0 heterocycles. The van der Waals surface area contributed by atoms with Gasteiger partial charge in [-0.15, -0.1) is 0 Å². The molecule has 0 aromatic heterocycles. The number of anilines is 1. The molecule has 2 amide bonds. The fraction of sp³-hybridized carbons (Fsp3) is 0.526. The van der Waals surface area contributed by atoms with Gasteiger partial charge in [0, 0.05) is 18.7 Å². The zero-order chi connectivity index (χ0) is 19.5. The van der Waals surface area contributed by atoms with Gasteiger partial charge in [0.1, 0.15) is 5.54 Å². The number of likely N-dealkylation sites (N-methyl/N-ethyl adjacent to an activating group) is 1. The number of rotatable bonds is 5. The summed E-state index contributed by atoms with van der Waals surface area (Å²) in [5.74, 6) is -1.83. The van der Waals surface area contributed by atoms with E-state index in [0.717, 1.165) is 19.3 Å². The fourth-order valence-corrected chi connectivity index (χ4v) is 3.46. The molecule has 0 bridgehead atoms. The quantitative estimate of drug-likeness (QED) is 0.813. The molecule has 2 N–H and O–H groups in total. The predicted molar refractivity (Wildman–Crippen MR) is 100 cm³/mol. The maximum Gasteiger partial charge on any atom is 0.329 e. The van der Waals surface area contributed by atoms with Gasteiger partial charge in [0.25, 0.3) is 5.91 Å². The number of benzene rings is 1. The Morgan fingerprint density at radius 2 is 1.81 bits per heavy atom. The number of carbonyl (C=O) groups is 3. The van der Waals surface area contributed by atoms with E-state index >= 15 is 0 Å². The molecule has 1 aliphatic carbocycles. The Morgan fingerprint density at radius 3 is 2.35 bits per heavy atom. The van der Waals surface area contributed by atoms with Gasteiger partial charge in [0.05, 0.1) is 10.6 Å². The van der Waals surface area contributed by atoms with Gasteiger partial charge in [0.15, 0.2) is 0 Å². The lowest BCUT2D eigenvalue weighted by atomic mass is 9.80. The van der Waals surface area contributed by atoms with Gasteiger partial charge in [-0.1, -0.05) is 44.7 Å². The first kappa shape index (κ1) is 20.2. The second-order valence-corrected chi connectivity index (χ2v) is 7.51. The molecule has 0 unspecified atom stereocenters. The van der Waals surface area contributed by atoms with Crippen molar-refractivity contribution in [2.75, 3.05) is 12.4 Å². The number of amides is 2. The second-order valence-electron chi connectivity index (χ2n) is 7.10. The van der Waals surface area contributed by atoms with E-state index in [1.54, 1.807) is 19.9 Å². The monoisotopic (exact) mass is 380 g/mol. The van der Waals surface area contributed by atoms with Crippen LogP contribution in [0.3, 0.4) is 0 Å². The lowest BCUT2D eigenvalue weighted by molar-refractivity contribution is -0.151. The Bertz CT molecular complexity index is 711. The summed E-state index contributed by atoms with van der Waals surface area (Å²) in [5.41, 5.74) is -0.574. The molecular formula is C19H25ClN2O4. The Hall–Kier alpha value is -2.08. The van der Waals surface area contributed by atoms with E-state index < -0.39 is 17.4 Å². The first-order chi connectivity index (χ1) is 12.2. The molecule has 1 fully saturated rings. The zero-order valence-electron chi connectivity index (χ0n) is 15.3. The summed E-state index contributed by atoms with van der Waals surface area (Å²) in [4.78, 5) is 38.1. The van der Waals surface area contributed by atoms with Crippen molar-refractivity contribution in [3.8, 4) is 0 Å². The van der Waals surface area contributed by atoms with E-state index in [2.05, 4.69) is 5.32 Å². The number of carboxylic acid groups (broad SMARTS) is 1. The van der Waals surface area contributed by atoms with Crippen LogP contribution in [0.5, 0.6) is 0 Å². The molecule has 0 atom stereocenters. The van der Waals surface area contributed by atoms with Crippen LogP contribution in [0.1, 0.15) is 56.3 Å². The van der Waals surface area contributed by atoms with Gasteiger partial charge < -0.3 is 15.3 Å². The molecule has 2 rings (SSSR count). The minimum absolute atomic E-state index is 0.173. The number of nitrogens with one attached hydrogen (secondary N) is 1. The Morgan fingerprint density at radius 1 is 1.19 bits per heavy atom. The summed E-state index contributed by atoms with van der Waals surface area (Å²) in [7, 11) is 1.51. The Kier molecular flexibility index (Phi) is 6.29. The molecule has 142 valence electrons. The highest BCUT2D eigenvalue weighted by Gasteiger charge is 2.45. The molecule has 26 heavy (non-hydrogen) atoms. The highest BCUT2D eigenvalue weighted by molar-refractivity contribution is 6.34. The van der Waals surface area contributed by atoms with E-state index in [1.165, 1.54) is 24.1 Å². The standard InChI is InChI=1S/C19H25ClN2O4/c1-12(2)16(23)21-13-7-8-15(20)14(11-13)17(24)22(3)19(18(25)26)9-5-4-6-10-19/h7-8,11-12H,4-6,9-10H2,1-3H3,(H,21,23)(H,25,26). The van der Waals surface area contributed by atoms with Crippen molar-refractivity contribution in [2.45, 2.75) is 51.5 Å². The molecule has 7 heteroatoms. The van der Waals surface area contributed by atoms with Crippen LogP contribution < -0.4 is 5.32 Å². The summed E-state index contributed by atoms with van der Waals surface area (Å²) < 4.78 is 0. The summed E-state index contributed by atoms with van der Waals surface area (Å²) in [5, 5.41) is 12.7. The SMILES string of the molecule is CC(C)C(=O)Nc1ccc(Cl)c(C(=O)N(C)C2(C(=O)O)CCCCC2)c1. The highest BCUT2D eigenvalue weighted by atomic mass is 35.5. The molecule has 1 aliphatic rings. The van der Waals surface area contributed by atoms with Crippen LogP contribution in [-0.2, 0) is 9.59 Å². The van der Waals surface area contributed by atoms with E-state index in [1.807, 2.05) is 0 Å². The molecular weight excluding hydrogens is 356 g/mol. The lowest BCUT2D eigenvalue weighted by Gasteiger charge is -2.41. The number of hydrogen-bond acceptors (Lipinski definition) is 3. The maximum atomic E-state index is 13.0. The third-order valence-corrected chi connectivity index (χ3v) is 5.34. The Balaban J connectivity index is 2.32. The normalized spacial score (nSPS) is 16.2. The molecule has 6 nitrogen and oxygen atoms in total. The van der Waals surface area contributed by atoms with Crippen LogP contribution in [0.2, 0.25) is 5.02 Å². The fourth-order valence-electron chi connectivity index (χ4n) is 3.26. The number of carbonyl (C=O) groups excluding carboxylic acids is 2. The van der Waals surface area contributed by atoms with Crippen molar-refractivity contribution in [2.24, 2.45) is 5.92 Å². The van der Waals surface area contributed by atoms with Gasteiger partial charge in [-0.05, 0) is 31.0 Å². The minimum atomic E-state index is -1.21. The van der Waals surface area contributed by atoms with Crippen molar-refractivity contribution >= 4 is 35.1 Å². The Labute approximate surface area is 158 Å². The summed E-state index contributed by atoms with van der Waals surface area (Å²) >= 11 is 6.19. The molecule has 1 saturated carbocycles. The van der Waals surface area contributed by atoms with Crippen LogP contribution in [0.4, 0.5) is 5.69 Å². The number of carboxylic acids is 1. The number of halogens is 1. The van der Waals surface area contributed by atoms with E-state index in [9.17, 15) is 19.5 Å².